The topological polar surface area (TPSA) is 34.1 Å². The van der Waals surface area contributed by atoms with Gasteiger partial charge in [-0.25, -0.2) is 0 Å². The molecule has 1 aliphatic carbocycles. The first kappa shape index (κ1) is 13.9. The van der Waals surface area contributed by atoms with Crippen LogP contribution in [0.1, 0.15) is 35.6 Å². The van der Waals surface area contributed by atoms with E-state index in [1.165, 1.54) is 28.8 Å². The van der Waals surface area contributed by atoms with Gasteiger partial charge in [0, 0.05) is 18.5 Å². The van der Waals surface area contributed by atoms with Gasteiger partial charge in [-0.2, -0.15) is 5.10 Å². The van der Waals surface area contributed by atoms with E-state index in [-0.39, 0.29) is 6.04 Å². The molecule has 2 atom stereocenters. The van der Waals surface area contributed by atoms with Crippen molar-refractivity contribution in [2.45, 2.75) is 25.3 Å². The van der Waals surface area contributed by atoms with Crippen LogP contribution in [0.5, 0.6) is 11.5 Å². The standard InChI is InChI=1S/C20H20N2O2/c1-22-20(14-9-10-17-18(11-14)24-12-23-17)16-8-4-6-13-5-2-3-7-15(13)19(16)21-22/h2-3,5,7,9-11,16,20H,4,6,8,12H2,1H3/t16-,20+/m1/s1. The van der Waals surface area contributed by atoms with Crippen LogP contribution in [0, 0.1) is 5.92 Å². The molecule has 2 aromatic rings. The fraction of sp³-hybridized carbons (Fsp3) is 0.350. The Labute approximate surface area is 141 Å². The lowest BCUT2D eigenvalue weighted by atomic mass is 9.85. The minimum Gasteiger partial charge on any atom is -0.454 e. The number of ether oxygens (including phenoxy) is 2. The number of fused-ring (bicyclic) bond motifs is 4. The van der Waals surface area contributed by atoms with Gasteiger partial charge in [0.05, 0.1) is 11.8 Å². The summed E-state index contributed by atoms with van der Waals surface area (Å²) >= 11 is 0. The van der Waals surface area contributed by atoms with E-state index >= 15 is 0 Å². The summed E-state index contributed by atoms with van der Waals surface area (Å²) in [5.41, 5.74) is 5.26. The Kier molecular flexibility index (Phi) is 3.05. The van der Waals surface area contributed by atoms with Gasteiger partial charge in [0.25, 0.3) is 0 Å². The van der Waals surface area contributed by atoms with Gasteiger partial charge < -0.3 is 9.47 Å². The molecule has 2 aromatic carbocycles. The lowest BCUT2D eigenvalue weighted by Gasteiger charge is -2.25. The molecule has 0 N–H and O–H groups in total. The van der Waals surface area contributed by atoms with Crippen molar-refractivity contribution in [2.75, 3.05) is 13.8 Å². The van der Waals surface area contributed by atoms with Crippen molar-refractivity contribution < 1.29 is 9.47 Å². The Bertz CT molecular complexity index is 830. The summed E-state index contributed by atoms with van der Waals surface area (Å²) in [6, 6.07) is 15.3. The van der Waals surface area contributed by atoms with E-state index in [9.17, 15) is 0 Å². The van der Waals surface area contributed by atoms with E-state index in [2.05, 4.69) is 48.5 Å². The third kappa shape index (κ3) is 2.02. The van der Waals surface area contributed by atoms with E-state index in [1.807, 2.05) is 6.07 Å². The Balaban J connectivity index is 1.56. The van der Waals surface area contributed by atoms with Crippen molar-refractivity contribution in [3.63, 3.8) is 0 Å². The Morgan fingerprint density at radius 2 is 1.96 bits per heavy atom. The maximum atomic E-state index is 5.57. The van der Waals surface area contributed by atoms with Crippen molar-refractivity contribution >= 4 is 5.71 Å². The van der Waals surface area contributed by atoms with Gasteiger partial charge in [-0.3, -0.25) is 5.01 Å². The van der Waals surface area contributed by atoms with Crippen LogP contribution < -0.4 is 9.47 Å². The molecular formula is C20H20N2O2. The van der Waals surface area contributed by atoms with Crippen LogP contribution in [0.25, 0.3) is 0 Å². The Hall–Kier alpha value is -2.49. The van der Waals surface area contributed by atoms with Gasteiger partial charge in [-0.15, -0.1) is 0 Å². The zero-order chi connectivity index (χ0) is 16.1. The van der Waals surface area contributed by atoms with Crippen molar-refractivity contribution in [1.29, 1.82) is 0 Å². The van der Waals surface area contributed by atoms with Gasteiger partial charge in [0.1, 0.15) is 0 Å². The van der Waals surface area contributed by atoms with Crippen LogP contribution in [0.15, 0.2) is 47.6 Å². The molecule has 122 valence electrons. The fourth-order valence-corrected chi connectivity index (χ4v) is 4.31. The van der Waals surface area contributed by atoms with Gasteiger partial charge in [0.2, 0.25) is 6.79 Å². The van der Waals surface area contributed by atoms with Crippen molar-refractivity contribution in [3.05, 3.63) is 59.2 Å². The number of hydrogen-bond donors (Lipinski definition) is 0. The van der Waals surface area contributed by atoms with Crippen molar-refractivity contribution in [2.24, 2.45) is 11.0 Å². The van der Waals surface area contributed by atoms with Gasteiger partial charge >= 0.3 is 0 Å². The summed E-state index contributed by atoms with van der Waals surface area (Å²) in [6.45, 7) is 0.317. The van der Waals surface area contributed by atoms with Gasteiger partial charge in [-0.05, 0) is 42.5 Å². The average molecular weight is 320 g/mol. The summed E-state index contributed by atoms with van der Waals surface area (Å²) in [7, 11) is 2.08. The highest BCUT2D eigenvalue weighted by atomic mass is 16.7. The van der Waals surface area contributed by atoms with Crippen LogP contribution in [0.3, 0.4) is 0 Å². The summed E-state index contributed by atoms with van der Waals surface area (Å²) in [4.78, 5) is 0. The molecule has 0 amide bonds. The number of aryl methyl sites for hydroxylation is 1. The van der Waals surface area contributed by atoms with Gasteiger partial charge in [0.15, 0.2) is 11.5 Å². The molecule has 0 unspecified atom stereocenters. The number of benzene rings is 2. The number of rotatable bonds is 1. The second kappa shape index (κ2) is 5.26. The molecule has 4 heteroatoms. The maximum absolute atomic E-state index is 5.57. The zero-order valence-electron chi connectivity index (χ0n) is 13.7. The van der Waals surface area contributed by atoms with E-state index in [0.29, 0.717) is 12.7 Å². The monoisotopic (exact) mass is 320 g/mol. The smallest absolute Gasteiger partial charge is 0.231 e. The van der Waals surface area contributed by atoms with E-state index in [0.717, 1.165) is 24.3 Å². The molecule has 3 aliphatic rings. The molecule has 0 radical (unpaired) electrons. The van der Waals surface area contributed by atoms with E-state index < -0.39 is 0 Å². The first-order valence-corrected chi connectivity index (χ1v) is 8.60. The average Bonchev–Trinajstić information content (AvgIpc) is 3.14. The number of hydrogen-bond acceptors (Lipinski definition) is 4. The summed E-state index contributed by atoms with van der Waals surface area (Å²) in [5, 5.41) is 7.07. The van der Waals surface area contributed by atoms with Crippen molar-refractivity contribution in [3.8, 4) is 11.5 Å². The van der Waals surface area contributed by atoms with Crippen LogP contribution in [0.4, 0.5) is 0 Å². The molecule has 0 fully saturated rings. The third-order valence-electron chi connectivity index (χ3n) is 5.39. The predicted molar refractivity (Wildman–Crippen MR) is 92.5 cm³/mol. The Morgan fingerprint density at radius 3 is 2.92 bits per heavy atom. The molecule has 0 aromatic heterocycles. The second-order valence-corrected chi connectivity index (χ2v) is 6.77. The number of hydrazone groups is 1. The highest BCUT2D eigenvalue weighted by Gasteiger charge is 2.39. The third-order valence-corrected chi connectivity index (χ3v) is 5.39. The molecule has 2 aliphatic heterocycles. The molecule has 0 spiro atoms. The predicted octanol–water partition coefficient (Wildman–Crippen LogP) is 3.76. The molecule has 0 saturated carbocycles. The molecule has 5 rings (SSSR count). The first-order valence-electron chi connectivity index (χ1n) is 8.60. The second-order valence-electron chi connectivity index (χ2n) is 6.77. The van der Waals surface area contributed by atoms with Crippen LogP contribution >= 0.6 is 0 Å². The molecule has 2 heterocycles. The summed E-state index contributed by atoms with van der Waals surface area (Å²) in [6.07, 6.45) is 3.51. The zero-order valence-corrected chi connectivity index (χ0v) is 13.7. The lowest BCUT2D eigenvalue weighted by molar-refractivity contribution is 0.173. The normalized spacial score (nSPS) is 24.2. The largest absolute Gasteiger partial charge is 0.454 e. The Morgan fingerprint density at radius 1 is 1.08 bits per heavy atom. The minimum atomic E-state index is 0.264. The molecule has 24 heavy (non-hydrogen) atoms. The minimum absolute atomic E-state index is 0.264. The lowest BCUT2D eigenvalue weighted by Crippen LogP contribution is -2.23. The van der Waals surface area contributed by atoms with Crippen LogP contribution in [0.2, 0.25) is 0 Å². The van der Waals surface area contributed by atoms with E-state index in [1.54, 1.807) is 0 Å². The maximum Gasteiger partial charge on any atom is 0.231 e. The first-order chi connectivity index (χ1) is 11.8. The highest BCUT2D eigenvalue weighted by Crippen LogP contribution is 2.44. The molecule has 0 bridgehead atoms. The van der Waals surface area contributed by atoms with Crippen molar-refractivity contribution in [1.82, 2.24) is 5.01 Å². The van der Waals surface area contributed by atoms with E-state index in [4.69, 9.17) is 14.6 Å². The fourth-order valence-electron chi connectivity index (χ4n) is 4.31. The molecular weight excluding hydrogens is 300 g/mol. The van der Waals surface area contributed by atoms with Crippen LogP contribution in [-0.2, 0) is 6.42 Å². The highest BCUT2D eigenvalue weighted by molar-refractivity contribution is 6.05. The quantitative estimate of drug-likeness (QED) is 0.802. The molecule has 0 saturated heterocycles. The number of nitrogens with zero attached hydrogens (tertiary/aromatic N) is 2. The SMILES string of the molecule is CN1N=C2c3ccccc3CCC[C@H]2[C@@H]1c1ccc2c(c1)OCO2. The van der Waals surface area contributed by atoms with Gasteiger partial charge in [-0.1, -0.05) is 30.3 Å². The summed E-state index contributed by atoms with van der Waals surface area (Å²) in [5.74, 6) is 2.12. The van der Waals surface area contributed by atoms with Crippen LogP contribution in [-0.4, -0.2) is 24.6 Å². The summed E-state index contributed by atoms with van der Waals surface area (Å²) < 4.78 is 11.0. The molecule has 4 nitrogen and oxygen atoms in total.